The summed E-state index contributed by atoms with van der Waals surface area (Å²) in [4.78, 5) is 25.8. The van der Waals surface area contributed by atoms with E-state index in [4.69, 9.17) is 21.6 Å². The van der Waals surface area contributed by atoms with Gasteiger partial charge in [0.05, 0.1) is 22.3 Å². The molecule has 3 aromatic rings. The lowest BCUT2D eigenvalue weighted by Gasteiger charge is -2.35. The standard InChI is InChI=1S/C21H25ClN6O/c1-4-18(29)26-9-11-27(12-10-26)20-15-13-23-28(17-8-6-5-7-16(17)22)21(15)25-19(24-20)14(2)3/h5-8,13-14H,4,9-12H2,1-3H3. The molecule has 8 heteroatoms. The zero-order valence-corrected chi connectivity index (χ0v) is 17.7. The number of hydrogen-bond acceptors (Lipinski definition) is 5. The summed E-state index contributed by atoms with van der Waals surface area (Å²) in [6.07, 6.45) is 2.35. The molecule has 0 N–H and O–H groups in total. The van der Waals surface area contributed by atoms with Gasteiger partial charge in [0.25, 0.3) is 0 Å². The minimum Gasteiger partial charge on any atom is -0.352 e. The minimum absolute atomic E-state index is 0.177. The zero-order chi connectivity index (χ0) is 20.5. The normalized spacial score (nSPS) is 14.8. The van der Waals surface area contributed by atoms with E-state index in [2.05, 4.69) is 23.8 Å². The Morgan fingerprint density at radius 2 is 1.86 bits per heavy atom. The summed E-state index contributed by atoms with van der Waals surface area (Å²) in [5, 5.41) is 6.09. The van der Waals surface area contributed by atoms with E-state index in [1.54, 1.807) is 4.68 Å². The molecule has 4 rings (SSSR count). The van der Waals surface area contributed by atoms with Crippen LogP contribution >= 0.6 is 11.6 Å². The number of rotatable bonds is 4. The maximum absolute atomic E-state index is 12.0. The van der Waals surface area contributed by atoms with Crippen molar-refractivity contribution in [3.63, 3.8) is 0 Å². The lowest BCUT2D eigenvalue weighted by molar-refractivity contribution is -0.131. The fourth-order valence-corrected chi connectivity index (χ4v) is 3.82. The molecular formula is C21H25ClN6O. The molecule has 0 spiro atoms. The van der Waals surface area contributed by atoms with Gasteiger partial charge in [-0.3, -0.25) is 4.79 Å². The second-order valence-electron chi connectivity index (χ2n) is 7.53. The van der Waals surface area contributed by atoms with Crippen molar-refractivity contribution in [1.82, 2.24) is 24.6 Å². The van der Waals surface area contributed by atoms with Crippen molar-refractivity contribution < 1.29 is 4.79 Å². The number of amides is 1. The molecule has 0 aliphatic carbocycles. The third-order valence-corrected chi connectivity index (χ3v) is 5.58. The largest absolute Gasteiger partial charge is 0.352 e. The molecule has 7 nitrogen and oxygen atoms in total. The highest BCUT2D eigenvalue weighted by molar-refractivity contribution is 6.32. The average Bonchev–Trinajstić information content (AvgIpc) is 3.16. The quantitative estimate of drug-likeness (QED) is 0.654. The van der Waals surface area contributed by atoms with Gasteiger partial charge in [0.2, 0.25) is 5.91 Å². The van der Waals surface area contributed by atoms with Gasteiger partial charge in [0.1, 0.15) is 11.6 Å². The number of fused-ring (bicyclic) bond motifs is 1. The number of carbonyl (C=O) groups excluding carboxylic acids is 1. The van der Waals surface area contributed by atoms with Crippen molar-refractivity contribution in [1.29, 1.82) is 0 Å². The summed E-state index contributed by atoms with van der Waals surface area (Å²) in [5.41, 5.74) is 1.54. The smallest absolute Gasteiger partial charge is 0.222 e. The molecule has 0 radical (unpaired) electrons. The molecule has 1 aliphatic rings. The number of hydrogen-bond donors (Lipinski definition) is 0. The van der Waals surface area contributed by atoms with Gasteiger partial charge < -0.3 is 9.80 Å². The maximum Gasteiger partial charge on any atom is 0.222 e. The first-order valence-corrected chi connectivity index (χ1v) is 10.4. The van der Waals surface area contributed by atoms with Gasteiger partial charge in [-0.15, -0.1) is 0 Å². The molecule has 1 amide bonds. The second kappa shape index (κ2) is 7.99. The Hall–Kier alpha value is -2.67. The monoisotopic (exact) mass is 412 g/mol. The molecule has 0 unspecified atom stereocenters. The lowest BCUT2D eigenvalue weighted by Crippen LogP contribution is -2.49. The first-order chi connectivity index (χ1) is 14.0. The molecular weight excluding hydrogens is 388 g/mol. The van der Waals surface area contributed by atoms with E-state index in [0.717, 1.165) is 41.5 Å². The van der Waals surface area contributed by atoms with E-state index in [-0.39, 0.29) is 11.8 Å². The summed E-state index contributed by atoms with van der Waals surface area (Å²) in [6, 6.07) is 7.61. The molecule has 3 heterocycles. The molecule has 29 heavy (non-hydrogen) atoms. The highest BCUT2D eigenvalue weighted by Crippen LogP contribution is 2.30. The Kier molecular flexibility index (Phi) is 5.41. The first-order valence-electron chi connectivity index (χ1n) is 10.0. The van der Waals surface area contributed by atoms with Crippen LogP contribution in [0.4, 0.5) is 5.82 Å². The molecule has 0 atom stereocenters. The Bertz CT molecular complexity index is 1040. The van der Waals surface area contributed by atoms with E-state index in [0.29, 0.717) is 24.5 Å². The summed E-state index contributed by atoms with van der Waals surface area (Å²) < 4.78 is 1.78. The van der Waals surface area contributed by atoms with Gasteiger partial charge in [-0.05, 0) is 12.1 Å². The first kappa shape index (κ1) is 19.6. The van der Waals surface area contributed by atoms with Crippen molar-refractivity contribution in [3.05, 3.63) is 41.3 Å². The van der Waals surface area contributed by atoms with Crippen LogP contribution in [0.15, 0.2) is 30.5 Å². The van der Waals surface area contributed by atoms with Crippen molar-refractivity contribution in [2.45, 2.75) is 33.1 Å². The van der Waals surface area contributed by atoms with Crippen molar-refractivity contribution in [3.8, 4) is 5.69 Å². The van der Waals surface area contributed by atoms with Crippen LogP contribution in [0, 0.1) is 0 Å². The molecule has 152 valence electrons. The van der Waals surface area contributed by atoms with Gasteiger partial charge in [-0.2, -0.15) is 5.10 Å². The summed E-state index contributed by atoms with van der Waals surface area (Å²) in [7, 11) is 0. The van der Waals surface area contributed by atoms with Gasteiger partial charge in [0, 0.05) is 38.5 Å². The van der Waals surface area contributed by atoms with Crippen LogP contribution in [0.5, 0.6) is 0 Å². The van der Waals surface area contributed by atoms with Crippen LogP contribution in [-0.2, 0) is 4.79 Å². The van der Waals surface area contributed by atoms with Crippen molar-refractivity contribution in [2.75, 3.05) is 31.1 Å². The van der Waals surface area contributed by atoms with Crippen LogP contribution in [0.3, 0.4) is 0 Å². The van der Waals surface area contributed by atoms with E-state index >= 15 is 0 Å². The van der Waals surface area contributed by atoms with Crippen LogP contribution in [-0.4, -0.2) is 56.7 Å². The fourth-order valence-electron chi connectivity index (χ4n) is 3.60. The van der Waals surface area contributed by atoms with E-state index in [1.165, 1.54) is 0 Å². The second-order valence-corrected chi connectivity index (χ2v) is 7.93. The summed E-state index contributed by atoms with van der Waals surface area (Å²) in [6.45, 7) is 8.96. The number of carbonyl (C=O) groups is 1. The summed E-state index contributed by atoms with van der Waals surface area (Å²) in [5.74, 6) is 2.02. The maximum atomic E-state index is 12.0. The Balaban J connectivity index is 1.77. The van der Waals surface area contributed by atoms with Gasteiger partial charge in [0.15, 0.2) is 5.65 Å². The number of piperazine rings is 1. The van der Waals surface area contributed by atoms with E-state index < -0.39 is 0 Å². The highest BCUT2D eigenvalue weighted by atomic mass is 35.5. The number of nitrogens with zero attached hydrogens (tertiary/aromatic N) is 6. The predicted octanol–water partition coefficient (Wildman–Crippen LogP) is 3.65. The van der Waals surface area contributed by atoms with Gasteiger partial charge >= 0.3 is 0 Å². The SMILES string of the molecule is CCC(=O)N1CCN(c2nc(C(C)C)nc3c2cnn3-c2ccccc2Cl)CC1. The van der Waals surface area contributed by atoms with Crippen molar-refractivity contribution in [2.24, 2.45) is 0 Å². The Morgan fingerprint density at radius 1 is 1.14 bits per heavy atom. The Labute approximate surface area is 175 Å². The third-order valence-electron chi connectivity index (χ3n) is 5.26. The lowest BCUT2D eigenvalue weighted by atomic mass is 10.2. The Morgan fingerprint density at radius 3 is 2.52 bits per heavy atom. The highest BCUT2D eigenvalue weighted by Gasteiger charge is 2.25. The predicted molar refractivity (Wildman–Crippen MR) is 115 cm³/mol. The molecule has 1 aliphatic heterocycles. The number of aromatic nitrogens is 4. The number of anilines is 1. The molecule has 2 aromatic heterocycles. The van der Waals surface area contributed by atoms with Crippen LogP contribution in [0.1, 0.15) is 38.9 Å². The zero-order valence-electron chi connectivity index (χ0n) is 17.0. The number of halogens is 1. The average molecular weight is 413 g/mol. The minimum atomic E-state index is 0.177. The third kappa shape index (κ3) is 3.67. The molecule has 1 saturated heterocycles. The van der Waals surface area contributed by atoms with Crippen molar-refractivity contribution >= 4 is 34.4 Å². The fraction of sp³-hybridized carbons (Fsp3) is 0.429. The number of para-hydroxylation sites is 1. The van der Waals surface area contributed by atoms with Gasteiger partial charge in [-0.1, -0.05) is 44.5 Å². The van der Waals surface area contributed by atoms with Crippen LogP contribution in [0.2, 0.25) is 5.02 Å². The van der Waals surface area contributed by atoms with Crippen LogP contribution in [0.25, 0.3) is 16.7 Å². The molecule has 1 aromatic carbocycles. The van der Waals surface area contributed by atoms with Gasteiger partial charge in [-0.25, -0.2) is 14.6 Å². The van der Waals surface area contributed by atoms with E-state index in [1.807, 2.05) is 42.3 Å². The van der Waals surface area contributed by atoms with E-state index in [9.17, 15) is 4.79 Å². The molecule has 0 saturated carbocycles. The molecule has 0 bridgehead atoms. The van der Waals surface area contributed by atoms with Crippen LogP contribution < -0.4 is 4.90 Å². The summed E-state index contributed by atoms with van der Waals surface area (Å²) >= 11 is 6.41. The number of benzene rings is 1. The topological polar surface area (TPSA) is 67.2 Å². The molecule has 1 fully saturated rings.